The highest BCUT2D eigenvalue weighted by Crippen LogP contribution is 2.34. The molecule has 2 rings (SSSR count). The normalized spacial score (nSPS) is 23.8. The van der Waals surface area contributed by atoms with Crippen molar-refractivity contribution in [3.63, 3.8) is 0 Å². The van der Waals surface area contributed by atoms with Crippen LogP contribution in [0.15, 0.2) is 18.2 Å². The molecule has 0 amide bonds. The fourth-order valence-corrected chi connectivity index (χ4v) is 2.88. The zero-order valence-corrected chi connectivity index (χ0v) is 12.5. The third-order valence-electron chi connectivity index (χ3n) is 4.01. The van der Waals surface area contributed by atoms with Gasteiger partial charge in [0.1, 0.15) is 0 Å². The van der Waals surface area contributed by atoms with Gasteiger partial charge in [0.05, 0.1) is 13.2 Å². The average molecular weight is 281 g/mol. The highest BCUT2D eigenvalue weighted by Gasteiger charge is 2.32. The molecule has 1 heterocycles. The lowest BCUT2D eigenvalue weighted by Crippen LogP contribution is -2.32. The van der Waals surface area contributed by atoms with Crippen LogP contribution >= 0.6 is 0 Å². The second-order valence-corrected chi connectivity index (χ2v) is 5.35. The van der Waals surface area contributed by atoms with Crippen LogP contribution in [0, 0.1) is 11.7 Å². The summed E-state index contributed by atoms with van der Waals surface area (Å²) in [5, 5.41) is 3.54. The van der Waals surface area contributed by atoms with E-state index in [0.29, 0.717) is 11.7 Å². The van der Waals surface area contributed by atoms with Crippen LogP contribution in [0.4, 0.5) is 4.39 Å². The van der Waals surface area contributed by atoms with Crippen LogP contribution in [0.2, 0.25) is 0 Å². The summed E-state index contributed by atoms with van der Waals surface area (Å²) in [5.41, 5.74) is 0.971. The summed E-state index contributed by atoms with van der Waals surface area (Å²) in [7, 11) is 1.48. The van der Waals surface area contributed by atoms with Crippen molar-refractivity contribution < 1.29 is 13.9 Å². The molecule has 1 aromatic rings. The van der Waals surface area contributed by atoms with Crippen LogP contribution in [0.25, 0.3) is 0 Å². The van der Waals surface area contributed by atoms with E-state index < -0.39 is 0 Å². The van der Waals surface area contributed by atoms with E-state index in [0.717, 1.165) is 31.6 Å². The Morgan fingerprint density at radius 1 is 1.50 bits per heavy atom. The van der Waals surface area contributed by atoms with Crippen molar-refractivity contribution >= 4 is 0 Å². The summed E-state index contributed by atoms with van der Waals surface area (Å²) in [6.45, 7) is 5.93. The third-order valence-corrected chi connectivity index (χ3v) is 4.01. The Balaban J connectivity index is 2.23. The highest BCUT2D eigenvalue weighted by molar-refractivity contribution is 5.31. The summed E-state index contributed by atoms with van der Waals surface area (Å²) in [6.07, 6.45) is 2.27. The Bertz CT molecular complexity index is 438. The number of benzene rings is 1. The molecule has 1 N–H and O–H groups in total. The van der Waals surface area contributed by atoms with Gasteiger partial charge in [0.2, 0.25) is 0 Å². The summed E-state index contributed by atoms with van der Waals surface area (Å²) >= 11 is 0. The Labute approximate surface area is 120 Å². The first-order valence-corrected chi connectivity index (χ1v) is 7.35. The number of hydrogen-bond donors (Lipinski definition) is 1. The largest absolute Gasteiger partial charge is 0.494 e. The van der Waals surface area contributed by atoms with Crippen LogP contribution in [-0.4, -0.2) is 26.4 Å². The van der Waals surface area contributed by atoms with Crippen LogP contribution in [-0.2, 0) is 4.74 Å². The maximum atomic E-state index is 13.9. The van der Waals surface area contributed by atoms with Crippen molar-refractivity contribution in [1.82, 2.24) is 5.32 Å². The lowest BCUT2D eigenvalue weighted by atomic mass is 9.88. The summed E-state index contributed by atoms with van der Waals surface area (Å²) < 4.78 is 24.6. The Morgan fingerprint density at radius 2 is 2.30 bits per heavy atom. The van der Waals surface area contributed by atoms with E-state index in [1.54, 1.807) is 12.1 Å². The molecule has 1 aromatic carbocycles. The molecule has 0 bridgehead atoms. The van der Waals surface area contributed by atoms with Gasteiger partial charge in [-0.15, -0.1) is 0 Å². The minimum absolute atomic E-state index is 0.132. The maximum Gasteiger partial charge on any atom is 0.165 e. The predicted molar refractivity (Wildman–Crippen MR) is 77.5 cm³/mol. The van der Waals surface area contributed by atoms with Crippen molar-refractivity contribution in [3.05, 3.63) is 29.6 Å². The minimum Gasteiger partial charge on any atom is -0.494 e. The number of methoxy groups -OCH3 is 1. The first-order chi connectivity index (χ1) is 9.67. The zero-order chi connectivity index (χ0) is 14.5. The third kappa shape index (κ3) is 3.30. The van der Waals surface area contributed by atoms with E-state index in [2.05, 4.69) is 19.2 Å². The maximum absolute atomic E-state index is 13.9. The lowest BCUT2D eigenvalue weighted by molar-refractivity contribution is 0.0953. The molecule has 3 atom stereocenters. The number of hydrogen-bond acceptors (Lipinski definition) is 3. The van der Waals surface area contributed by atoms with Gasteiger partial charge in [-0.2, -0.15) is 0 Å². The Hall–Kier alpha value is -1.13. The smallest absolute Gasteiger partial charge is 0.165 e. The standard InChI is InChI=1S/C16H24FNO2/c1-4-8-18-16(13-7-9-20-11(13)2)12-5-6-15(19-3)14(17)10-12/h5-6,10-11,13,16,18H,4,7-9H2,1-3H3. The quantitative estimate of drug-likeness (QED) is 0.868. The van der Waals surface area contributed by atoms with Gasteiger partial charge in [0.25, 0.3) is 0 Å². The monoisotopic (exact) mass is 281 g/mol. The molecule has 20 heavy (non-hydrogen) atoms. The molecule has 0 spiro atoms. The topological polar surface area (TPSA) is 30.5 Å². The molecule has 4 heteroatoms. The molecule has 3 nitrogen and oxygen atoms in total. The number of halogens is 1. The molecule has 1 aliphatic heterocycles. The van der Waals surface area contributed by atoms with Crippen molar-refractivity contribution in [3.8, 4) is 5.75 Å². The van der Waals surface area contributed by atoms with Crippen molar-refractivity contribution in [2.24, 2.45) is 5.92 Å². The van der Waals surface area contributed by atoms with E-state index in [9.17, 15) is 4.39 Å². The molecule has 112 valence electrons. The summed E-state index contributed by atoms with van der Waals surface area (Å²) in [4.78, 5) is 0. The van der Waals surface area contributed by atoms with Gasteiger partial charge < -0.3 is 14.8 Å². The number of rotatable bonds is 6. The van der Waals surface area contributed by atoms with Gasteiger partial charge in [0.15, 0.2) is 11.6 Å². The number of nitrogens with one attached hydrogen (secondary N) is 1. The molecule has 3 unspecified atom stereocenters. The van der Waals surface area contributed by atoms with Gasteiger partial charge in [0, 0.05) is 18.6 Å². The molecule has 0 radical (unpaired) electrons. The van der Waals surface area contributed by atoms with Gasteiger partial charge in [-0.05, 0) is 44.0 Å². The van der Waals surface area contributed by atoms with Gasteiger partial charge in [-0.1, -0.05) is 13.0 Å². The van der Waals surface area contributed by atoms with Crippen LogP contribution in [0.1, 0.15) is 38.3 Å². The Morgan fingerprint density at radius 3 is 2.85 bits per heavy atom. The van der Waals surface area contributed by atoms with E-state index in [1.807, 2.05) is 6.07 Å². The fraction of sp³-hybridized carbons (Fsp3) is 0.625. The van der Waals surface area contributed by atoms with Crippen molar-refractivity contribution in [2.45, 2.75) is 38.8 Å². The molecule has 0 saturated carbocycles. The lowest BCUT2D eigenvalue weighted by Gasteiger charge is -2.27. The first kappa shape index (κ1) is 15.3. The van der Waals surface area contributed by atoms with Crippen LogP contribution in [0.5, 0.6) is 5.75 Å². The van der Waals surface area contributed by atoms with E-state index in [1.165, 1.54) is 7.11 Å². The fourth-order valence-electron chi connectivity index (χ4n) is 2.88. The molecular weight excluding hydrogens is 257 g/mol. The van der Waals surface area contributed by atoms with Crippen molar-refractivity contribution in [2.75, 3.05) is 20.3 Å². The average Bonchev–Trinajstić information content (AvgIpc) is 2.86. The molecular formula is C16H24FNO2. The minimum atomic E-state index is -0.306. The molecule has 1 fully saturated rings. The summed E-state index contributed by atoms with van der Waals surface area (Å²) in [6, 6.07) is 5.36. The second kappa shape index (κ2) is 7.04. The Kier molecular flexibility index (Phi) is 5.38. The number of ether oxygens (including phenoxy) is 2. The highest BCUT2D eigenvalue weighted by atomic mass is 19.1. The van der Waals surface area contributed by atoms with Crippen LogP contribution in [0.3, 0.4) is 0 Å². The van der Waals surface area contributed by atoms with Crippen molar-refractivity contribution in [1.29, 1.82) is 0 Å². The van der Waals surface area contributed by atoms with Crippen LogP contribution < -0.4 is 10.1 Å². The van der Waals surface area contributed by atoms with Gasteiger partial charge >= 0.3 is 0 Å². The van der Waals surface area contributed by atoms with E-state index in [-0.39, 0.29) is 18.0 Å². The first-order valence-electron chi connectivity index (χ1n) is 7.35. The molecule has 0 aliphatic carbocycles. The summed E-state index contributed by atoms with van der Waals surface area (Å²) in [5.74, 6) is 0.368. The predicted octanol–water partition coefficient (Wildman–Crippen LogP) is 3.30. The zero-order valence-electron chi connectivity index (χ0n) is 12.5. The van der Waals surface area contributed by atoms with E-state index in [4.69, 9.17) is 9.47 Å². The van der Waals surface area contributed by atoms with E-state index >= 15 is 0 Å². The molecule has 1 aliphatic rings. The van der Waals surface area contributed by atoms with Gasteiger partial charge in [-0.25, -0.2) is 4.39 Å². The SMILES string of the molecule is CCCNC(c1ccc(OC)c(F)c1)C1CCOC1C. The molecule has 0 aromatic heterocycles. The molecule has 1 saturated heterocycles. The second-order valence-electron chi connectivity index (χ2n) is 5.35. The van der Waals surface area contributed by atoms with Gasteiger partial charge in [-0.3, -0.25) is 0 Å².